The monoisotopic (exact) mass is 222 g/mol. The molecular weight excluding hydrogens is 204 g/mol. The maximum atomic E-state index is 11.9. The Bertz CT molecular complexity index is 341. The average Bonchev–Trinajstić information content (AvgIpc) is 2.79. The minimum Gasteiger partial charge on any atom is -0.350 e. The van der Waals surface area contributed by atoms with E-state index in [1.165, 1.54) is 6.42 Å². The number of nitrogens with two attached hydrogens (primary N) is 1. The standard InChI is InChI=1S/C11H18N4O/c12-11(4-2-1-3-5-11)10(16)13-6-9-7-14-15-8-9/h7-8H,1-6,12H2,(H,13,16)(H,14,15). The Hall–Kier alpha value is -1.36. The summed E-state index contributed by atoms with van der Waals surface area (Å²) in [4.78, 5) is 11.9. The van der Waals surface area contributed by atoms with Crippen LogP contribution in [0, 0.1) is 0 Å². The predicted molar refractivity (Wildman–Crippen MR) is 60.4 cm³/mol. The summed E-state index contributed by atoms with van der Waals surface area (Å²) in [7, 11) is 0. The Labute approximate surface area is 94.8 Å². The van der Waals surface area contributed by atoms with Crippen LogP contribution in [0.25, 0.3) is 0 Å². The lowest BCUT2D eigenvalue weighted by molar-refractivity contribution is -0.127. The van der Waals surface area contributed by atoms with Crippen molar-refractivity contribution >= 4 is 5.91 Å². The topological polar surface area (TPSA) is 83.8 Å². The lowest BCUT2D eigenvalue weighted by Crippen LogP contribution is -2.54. The molecule has 0 radical (unpaired) electrons. The number of carbonyl (C=O) groups excluding carboxylic acids is 1. The molecule has 0 spiro atoms. The van der Waals surface area contributed by atoms with Gasteiger partial charge in [0.15, 0.2) is 0 Å². The number of amides is 1. The van der Waals surface area contributed by atoms with E-state index in [-0.39, 0.29) is 5.91 Å². The Morgan fingerprint density at radius 1 is 1.50 bits per heavy atom. The van der Waals surface area contributed by atoms with Gasteiger partial charge in [-0.2, -0.15) is 5.10 Å². The first-order valence-corrected chi connectivity index (χ1v) is 5.75. The van der Waals surface area contributed by atoms with Crippen LogP contribution in [0.1, 0.15) is 37.7 Å². The number of nitrogens with one attached hydrogen (secondary N) is 2. The van der Waals surface area contributed by atoms with Crippen LogP contribution in [0.15, 0.2) is 12.4 Å². The first-order valence-electron chi connectivity index (χ1n) is 5.75. The van der Waals surface area contributed by atoms with Gasteiger partial charge in [-0.1, -0.05) is 19.3 Å². The SMILES string of the molecule is NC1(C(=O)NCc2cn[nH]c2)CCCCC1. The van der Waals surface area contributed by atoms with Gasteiger partial charge in [0.25, 0.3) is 0 Å². The van der Waals surface area contributed by atoms with Gasteiger partial charge >= 0.3 is 0 Å². The molecule has 4 N–H and O–H groups in total. The van der Waals surface area contributed by atoms with Gasteiger partial charge in [0.2, 0.25) is 5.91 Å². The molecule has 16 heavy (non-hydrogen) atoms. The van der Waals surface area contributed by atoms with E-state index in [1.54, 1.807) is 12.4 Å². The van der Waals surface area contributed by atoms with Crippen LogP contribution in [0.2, 0.25) is 0 Å². The average molecular weight is 222 g/mol. The molecule has 1 fully saturated rings. The van der Waals surface area contributed by atoms with Crippen molar-refractivity contribution < 1.29 is 4.79 Å². The number of rotatable bonds is 3. The first kappa shape index (κ1) is 11.1. The van der Waals surface area contributed by atoms with Crippen molar-refractivity contribution in [3.63, 3.8) is 0 Å². The second-order valence-corrected chi connectivity index (χ2v) is 4.51. The highest BCUT2D eigenvalue weighted by atomic mass is 16.2. The Kier molecular flexibility index (Phi) is 3.24. The summed E-state index contributed by atoms with van der Waals surface area (Å²) < 4.78 is 0. The van der Waals surface area contributed by atoms with Gasteiger partial charge < -0.3 is 11.1 Å². The van der Waals surface area contributed by atoms with Crippen molar-refractivity contribution in [3.8, 4) is 0 Å². The molecule has 0 saturated heterocycles. The van der Waals surface area contributed by atoms with Gasteiger partial charge in [-0.15, -0.1) is 0 Å². The van der Waals surface area contributed by atoms with E-state index >= 15 is 0 Å². The number of hydrogen-bond acceptors (Lipinski definition) is 3. The maximum absolute atomic E-state index is 11.9. The van der Waals surface area contributed by atoms with Crippen LogP contribution in [0.5, 0.6) is 0 Å². The number of nitrogens with zero attached hydrogens (tertiary/aromatic N) is 1. The second kappa shape index (κ2) is 4.65. The van der Waals surface area contributed by atoms with Crippen molar-refractivity contribution in [1.82, 2.24) is 15.5 Å². The lowest BCUT2D eigenvalue weighted by Gasteiger charge is -2.31. The summed E-state index contributed by atoms with van der Waals surface area (Å²) in [5.74, 6) is -0.0339. The predicted octanol–water partition coefficient (Wildman–Crippen LogP) is 0.687. The van der Waals surface area contributed by atoms with Crippen molar-refractivity contribution in [2.45, 2.75) is 44.2 Å². The van der Waals surface area contributed by atoms with Gasteiger partial charge in [0, 0.05) is 18.3 Å². The summed E-state index contributed by atoms with van der Waals surface area (Å²) in [5.41, 5.74) is 6.42. The summed E-state index contributed by atoms with van der Waals surface area (Å²) in [6.07, 6.45) is 8.35. The second-order valence-electron chi connectivity index (χ2n) is 4.51. The molecule has 0 aliphatic heterocycles. The van der Waals surface area contributed by atoms with Gasteiger partial charge in [-0.25, -0.2) is 0 Å². The quantitative estimate of drug-likeness (QED) is 0.703. The molecular formula is C11H18N4O. The molecule has 5 heteroatoms. The van der Waals surface area contributed by atoms with Crippen LogP contribution < -0.4 is 11.1 Å². The number of aromatic amines is 1. The normalized spacial score (nSPS) is 19.3. The minimum atomic E-state index is -0.651. The summed E-state index contributed by atoms with van der Waals surface area (Å²) in [6, 6.07) is 0. The van der Waals surface area contributed by atoms with Crippen LogP contribution in [-0.4, -0.2) is 21.6 Å². The van der Waals surface area contributed by atoms with E-state index in [4.69, 9.17) is 5.73 Å². The zero-order chi connectivity index (χ0) is 11.4. The van der Waals surface area contributed by atoms with E-state index in [0.29, 0.717) is 6.54 Å². The highest BCUT2D eigenvalue weighted by Gasteiger charge is 2.34. The molecule has 1 aromatic rings. The molecule has 5 nitrogen and oxygen atoms in total. The zero-order valence-corrected chi connectivity index (χ0v) is 9.33. The molecule has 0 aromatic carbocycles. The maximum Gasteiger partial charge on any atom is 0.240 e. The third-order valence-corrected chi connectivity index (χ3v) is 3.21. The van der Waals surface area contributed by atoms with Crippen LogP contribution in [0.3, 0.4) is 0 Å². The first-order chi connectivity index (χ1) is 7.71. The summed E-state index contributed by atoms with van der Waals surface area (Å²) >= 11 is 0. The van der Waals surface area contributed by atoms with E-state index < -0.39 is 5.54 Å². The highest BCUT2D eigenvalue weighted by molar-refractivity contribution is 5.86. The number of carbonyl (C=O) groups is 1. The van der Waals surface area contributed by atoms with Crippen molar-refractivity contribution in [2.75, 3.05) is 0 Å². The molecule has 88 valence electrons. The molecule has 1 heterocycles. The Balaban J connectivity index is 1.87. The van der Waals surface area contributed by atoms with E-state index in [9.17, 15) is 4.79 Å². The molecule has 1 aliphatic carbocycles. The molecule has 1 aromatic heterocycles. The van der Waals surface area contributed by atoms with Crippen LogP contribution >= 0.6 is 0 Å². The fraction of sp³-hybridized carbons (Fsp3) is 0.636. The van der Waals surface area contributed by atoms with Crippen LogP contribution in [0.4, 0.5) is 0 Å². The molecule has 0 unspecified atom stereocenters. The third-order valence-electron chi connectivity index (χ3n) is 3.21. The Morgan fingerprint density at radius 3 is 2.88 bits per heavy atom. The molecule has 1 aliphatic rings. The molecule has 1 amide bonds. The van der Waals surface area contributed by atoms with E-state index in [2.05, 4.69) is 15.5 Å². The van der Waals surface area contributed by atoms with E-state index in [0.717, 1.165) is 31.2 Å². The van der Waals surface area contributed by atoms with Crippen LogP contribution in [-0.2, 0) is 11.3 Å². The lowest BCUT2D eigenvalue weighted by atomic mass is 9.82. The fourth-order valence-electron chi connectivity index (χ4n) is 2.14. The fourth-order valence-corrected chi connectivity index (χ4v) is 2.14. The van der Waals surface area contributed by atoms with Crippen molar-refractivity contribution in [3.05, 3.63) is 18.0 Å². The third kappa shape index (κ3) is 2.41. The molecule has 1 saturated carbocycles. The Morgan fingerprint density at radius 2 is 2.25 bits per heavy atom. The summed E-state index contributed by atoms with van der Waals surface area (Å²) in [6.45, 7) is 0.494. The van der Waals surface area contributed by atoms with Gasteiger partial charge in [0.1, 0.15) is 0 Å². The number of H-pyrrole nitrogens is 1. The zero-order valence-electron chi connectivity index (χ0n) is 9.33. The van der Waals surface area contributed by atoms with Gasteiger partial charge in [0.05, 0.1) is 11.7 Å². The molecule has 2 rings (SSSR count). The van der Waals surface area contributed by atoms with Crippen molar-refractivity contribution in [2.24, 2.45) is 5.73 Å². The van der Waals surface area contributed by atoms with Gasteiger partial charge in [-0.05, 0) is 12.8 Å². The number of hydrogen-bond donors (Lipinski definition) is 3. The molecule has 0 atom stereocenters. The number of aromatic nitrogens is 2. The summed E-state index contributed by atoms with van der Waals surface area (Å²) in [5, 5.41) is 9.40. The van der Waals surface area contributed by atoms with Gasteiger partial charge in [-0.3, -0.25) is 9.89 Å². The minimum absolute atomic E-state index is 0.0339. The largest absolute Gasteiger partial charge is 0.350 e. The molecule has 0 bridgehead atoms. The van der Waals surface area contributed by atoms with Crippen molar-refractivity contribution in [1.29, 1.82) is 0 Å². The highest BCUT2D eigenvalue weighted by Crippen LogP contribution is 2.25. The van der Waals surface area contributed by atoms with E-state index in [1.807, 2.05) is 0 Å². The smallest absolute Gasteiger partial charge is 0.240 e.